The summed E-state index contributed by atoms with van der Waals surface area (Å²) in [6.07, 6.45) is 12.0. The molecule has 6 heterocycles. The van der Waals surface area contributed by atoms with Crippen molar-refractivity contribution in [1.29, 1.82) is 0 Å². The zero-order chi connectivity index (χ0) is 26.7. The summed E-state index contributed by atoms with van der Waals surface area (Å²) in [6.45, 7) is 1.18. The van der Waals surface area contributed by atoms with E-state index in [2.05, 4.69) is 21.6 Å². The average molecular weight is 549 g/mol. The van der Waals surface area contributed by atoms with Crippen molar-refractivity contribution in [2.24, 2.45) is 0 Å². The van der Waals surface area contributed by atoms with E-state index in [9.17, 15) is 14.0 Å². The van der Waals surface area contributed by atoms with E-state index in [0.29, 0.717) is 42.5 Å². The van der Waals surface area contributed by atoms with Gasteiger partial charge in [-0.3, -0.25) is 14.4 Å². The first-order valence-electron chi connectivity index (χ1n) is 12.5. The maximum atomic E-state index is 14.5. The van der Waals surface area contributed by atoms with Gasteiger partial charge in [-0.15, -0.1) is 0 Å². The topological polar surface area (TPSA) is 111 Å². The summed E-state index contributed by atoms with van der Waals surface area (Å²) in [7, 11) is 0. The maximum Gasteiger partial charge on any atom is 0.414 e. The van der Waals surface area contributed by atoms with Gasteiger partial charge >= 0.3 is 6.09 Å². The van der Waals surface area contributed by atoms with Crippen molar-refractivity contribution in [3.8, 4) is 0 Å². The van der Waals surface area contributed by atoms with Crippen LogP contribution in [0.4, 0.5) is 14.9 Å². The molecule has 0 radical (unpaired) electrons. The quantitative estimate of drug-likeness (QED) is 0.331. The van der Waals surface area contributed by atoms with Gasteiger partial charge in [0, 0.05) is 24.8 Å². The standard InChI is InChI=1S/C26H22ClFN8O3/c27-19-3-4-33-14-30-20(23(33)22(19)28)9-29-25(37)17-8-31-35(11-17)13-18-12-34-10-16(15-1-2-15)7-21(24(34)32-18)36-5-6-39-26(36)38/h3-4,7-8,10-12,14-15H,1-2,5-6,9,13H2,(H,29,37). The first-order chi connectivity index (χ1) is 18.9. The molecule has 1 aliphatic heterocycles. The van der Waals surface area contributed by atoms with Gasteiger partial charge in [0.25, 0.3) is 5.91 Å². The number of ether oxygens (including phenoxy) is 1. The molecule has 0 bridgehead atoms. The predicted octanol–water partition coefficient (Wildman–Crippen LogP) is 3.78. The van der Waals surface area contributed by atoms with Crippen LogP contribution < -0.4 is 10.2 Å². The van der Waals surface area contributed by atoms with Crippen LogP contribution in [0.3, 0.4) is 0 Å². The lowest BCUT2D eigenvalue weighted by atomic mass is 10.1. The molecule has 11 nitrogen and oxygen atoms in total. The van der Waals surface area contributed by atoms with Crippen molar-refractivity contribution in [1.82, 2.24) is 33.9 Å². The molecular weight excluding hydrogens is 527 g/mol. The van der Waals surface area contributed by atoms with Crippen LogP contribution >= 0.6 is 11.6 Å². The summed E-state index contributed by atoms with van der Waals surface area (Å²) in [5, 5.41) is 7.06. The molecular formula is C26H22ClFN8O3. The molecule has 1 saturated carbocycles. The first kappa shape index (κ1) is 23.7. The molecule has 0 unspecified atom stereocenters. The molecule has 0 aromatic carbocycles. The zero-order valence-electron chi connectivity index (χ0n) is 20.5. The van der Waals surface area contributed by atoms with Crippen molar-refractivity contribution < 1.29 is 18.7 Å². The summed E-state index contributed by atoms with van der Waals surface area (Å²) in [5.74, 6) is -0.461. The third kappa shape index (κ3) is 4.26. The van der Waals surface area contributed by atoms with Gasteiger partial charge in [-0.25, -0.2) is 19.2 Å². The Bertz CT molecular complexity index is 1770. The normalized spacial score (nSPS) is 15.4. The third-order valence-corrected chi connectivity index (χ3v) is 7.30. The Morgan fingerprint density at radius 2 is 2.10 bits per heavy atom. The number of nitrogens with zero attached hydrogens (tertiary/aromatic N) is 7. The number of aromatic nitrogens is 6. The van der Waals surface area contributed by atoms with Gasteiger partial charge < -0.3 is 18.9 Å². The van der Waals surface area contributed by atoms with Crippen LogP contribution in [0.25, 0.3) is 11.2 Å². The van der Waals surface area contributed by atoms with E-state index in [1.54, 1.807) is 22.0 Å². The van der Waals surface area contributed by atoms with Crippen molar-refractivity contribution >= 4 is 40.5 Å². The van der Waals surface area contributed by atoms with Gasteiger partial charge in [-0.1, -0.05) is 11.6 Å². The number of carbonyl (C=O) groups is 2. The number of cyclic esters (lactones) is 1. The van der Waals surface area contributed by atoms with Crippen LogP contribution in [-0.2, 0) is 17.8 Å². The van der Waals surface area contributed by atoms with Crippen LogP contribution in [0.1, 0.15) is 46.1 Å². The number of halogens is 2. The van der Waals surface area contributed by atoms with Gasteiger partial charge in [0.05, 0.1) is 59.8 Å². The molecule has 5 aromatic heterocycles. The highest BCUT2D eigenvalue weighted by molar-refractivity contribution is 6.31. The fraction of sp³-hybridized carbons (Fsp3) is 0.269. The van der Waals surface area contributed by atoms with Crippen molar-refractivity contribution in [2.45, 2.75) is 31.8 Å². The number of hydrogen-bond acceptors (Lipinski definition) is 6. The minimum atomic E-state index is -0.588. The van der Waals surface area contributed by atoms with Crippen LogP contribution in [0.2, 0.25) is 5.02 Å². The number of nitrogens with one attached hydrogen (secondary N) is 1. The molecule has 1 saturated heterocycles. The molecule has 5 aromatic rings. The fourth-order valence-electron chi connectivity index (χ4n) is 4.89. The number of carbonyl (C=O) groups excluding carboxylic acids is 2. The van der Waals surface area contributed by atoms with E-state index in [-0.39, 0.29) is 29.1 Å². The van der Waals surface area contributed by atoms with Crippen LogP contribution in [0.15, 0.2) is 49.4 Å². The number of imidazole rings is 2. The van der Waals surface area contributed by atoms with Crippen molar-refractivity contribution in [3.05, 3.63) is 82.8 Å². The van der Waals surface area contributed by atoms with Gasteiger partial charge in [-0.05, 0) is 36.5 Å². The van der Waals surface area contributed by atoms with Gasteiger partial charge in [-0.2, -0.15) is 5.10 Å². The second-order valence-electron chi connectivity index (χ2n) is 9.70. The molecule has 1 N–H and O–H groups in total. The molecule has 0 spiro atoms. The fourth-order valence-corrected chi connectivity index (χ4v) is 5.04. The third-order valence-electron chi connectivity index (χ3n) is 7.01. The summed E-state index contributed by atoms with van der Waals surface area (Å²) in [4.78, 5) is 35.7. The highest BCUT2D eigenvalue weighted by atomic mass is 35.5. The molecule has 0 atom stereocenters. The van der Waals surface area contributed by atoms with Crippen LogP contribution in [0, 0.1) is 5.82 Å². The Morgan fingerprint density at radius 1 is 1.23 bits per heavy atom. The smallest absolute Gasteiger partial charge is 0.414 e. The molecule has 39 heavy (non-hydrogen) atoms. The second-order valence-corrected chi connectivity index (χ2v) is 10.1. The predicted molar refractivity (Wildman–Crippen MR) is 139 cm³/mol. The van der Waals surface area contributed by atoms with E-state index in [1.165, 1.54) is 28.6 Å². The molecule has 2 fully saturated rings. The minimum absolute atomic E-state index is 0.0138. The lowest BCUT2D eigenvalue weighted by Crippen LogP contribution is -2.24. The van der Waals surface area contributed by atoms with E-state index in [1.807, 2.05) is 16.7 Å². The maximum absolute atomic E-state index is 14.5. The second kappa shape index (κ2) is 9.09. The van der Waals surface area contributed by atoms with Crippen molar-refractivity contribution in [3.63, 3.8) is 0 Å². The monoisotopic (exact) mass is 548 g/mol. The number of amides is 2. The Hall–Kier alpha value is -4.45. The Balaban J connectivity index is 1.09. The zero-order valence-corrected chi connectivity index (χ0v) is 21.3. The number of rotatable bonds is 7. The number of pyridine rings is 2. The summed E-state index contributed by atoms with van der Waals surface area (Å²) in [5.41, 5.74) is 4.23. The first-order valence-corrected chi connectivity index (χ1v) is 12.9. The molecule has 13 heteroatoms. The van der Waals surface area contributed by atoms with Crippen LogP contribution in [0.5, 0.6) is 0 Å². The summed E-state index contributed by atoms with van der Waals surface area (Å²) in [6, 6.07) is 3.48. The van der Waals surface area contributed by atoms with Gasteiger partial charge in [0.15, 0.2) is 11.5 Å². The van der Waals surface area contributed by atoms with E-state index in [0.717, 1.165) is 24.2 Å². The number of fused-ring (bicyclic) bond motifs is 2. The minimum Gasteiger partial charge on any atom is -0.447 e. The number of hydrogen-bond donors (Lipinski definition) is 1. The largest absolute Gasteiger partial charge is 0.447 e. The van der Waals surface area contributed by atoms with Gasteiger partial charge in [0.1, 0.15) is 12.1 Å². The average Bonchev–Trinajstić information content (AvgIpc) is 3.26. The highest BCUT2D eigenvalue weighted by Gasteiger charge is 2.30. The lowest BCUT2D eigenvalue weighted by Gasteiger charge is -2.15. The molecule has 2 aliphatic rings. The highest BCUT2D eigenvalue weighted by Crippen LogP contribution is 2.42. The Kier molecular flexibility index (Phi) is 5.51. The SMILES string of the molecule is O=C(NCc1ncn2ccc(Cl)c(F)c12)c1cnn(Cc2cn3cc(C4CC4)cc(N4CCOC4=O)c3n2)c1. The van der Waals surface area contributed by atoms with E-state index in [4.69, 9.17) is 21.3 Å². The number of anilines is 1. The van der Waals surface area contributed by atoms with E-state index >= 15 is 0 Å². The lowest BCUT2D eigenvalue weighted by molar-refractivity contribution is 0.0950. The van der Waals surface area contributed by atoms with Crippen LogP contribution in [-0.4, -0.2) is 53.7 Å². The molecule has 7 rings (SSSR count). The van der Waals surface area contributed by atoms with Gasteiger partial charge in [0.2, 0.25) is 0 Å². The summed E-state index contributed by atoms with van der Waals surface area (Å²) >= 11 is 5.90. The Morgan fingerprint density at radius 3 is 2.90 bits per heavy atom. The van der Waals surface area contributed by atoms with E-state index < -0.39 is 5.82 Å². The Labute approximate surface area is 225 Å². The summed E-state index contributed by atoms with van der Waals surface area (Å²) < 4.78 is 24.7. The molecule has 198 valence electrons. The van der Waals surface area contributed by atoms with Crippen molar-refractivity contribution in [2.75, 3.05) is 18.1 Å². The molecule has 1 aliphatic carbocycles. The molecule has 2 amide bonds.